The second-order valence-corrected chi connectivity index (χ2v) is 3.68. The highest BCUT2D eigenvalue weighted by Gasteiger charge is 2.00. The van der Waals surface area contributed by atoms with Gasteiger partial charge in [0.15, 0.2) is 0 Å². The number of hydrogen-bond donors (Lipinski definition) is 0. The van der Waals surface area contributed by atoms with Crippen molar-refractivity contribution in [2.24, 2.45) is 0 Å². The van der Waals surface area contributed by atoms with Crippen molar-refractivity contribution in [2.45, 2.75) is 58.5 Å². The van der Waals surface area contributed by atoms with Crippen molar-refractivity contribution in [3.8, 4) is 6.07 Å². The molecule has 1 unspecified atom stereocenters. The largest absolute Gasteiger partial charge is 0.359 e. The molecule has 2 nitrogen and oxygen atoms in total. The van der Waals surface area contributed by atoms with E-state index in [4.69, 9.17) is 10.00 Å². The number of nitriles is 1. The first kappa shape index (κ1) is 14.2. The van der Waals surface area contributed by atoms with E-state index in [0.717, 1.165) is 12.8 Å². The van der Waals surface area contributed by atoms with Crippen LogP contribution in [0, 0.1) is 11.3 Å². The summed E-state index contributed by atoms with van der Waals surface area (Å²) in [6, 6.07) is 2.11. The van der Waals surface area contributed by atoms with Gasteiger partial charge in [-0.05, 0) is 19.3 Å². The summed E-state index contributed by atoms with van der Waals surface area (Å²) >= 11 is 0. The minimum atomic E-state index is -0.241. The molecule has 0 aromatic rings. The minimum absolute atomic E-state index is 0.241. The fourth-order valence-corrected chi connectivity index (χ4v) is 1.29. The summed E-state index contributed by atoms with van der Waals surface area (Å²) in [5.41, 5.74) is 0. The third kappa shape index (κ3) is 9.49. The zero-order valence-corrected chi connectivity index (χ0v) is 10.0. The van der Waals surface area contributed by atoms with Crippen LogP contribution in [0.2, 0.25) is 0 Å². The first-order chi connectivity index (χ1) is 7.35. The van der Waals surface area contributed by atoms with Crippen LogP contribution in [0.3, 0.4) is 0 Å². The summed E-state index contributed by atoms with van der Waals surface area (Å²) < 4.78 is 5.32. The Kier molecular flexibility index (Phi) is 10.7. The minimum Gasteiger partial charge on any atom is -0.359 e. The number of hydrogen-bond acceptors (Lipinski definition) is 2. The van der Waals surface area contributed by atoms with Crippen molar-refractivity contribution in [3.63, 3.8) is 0 Å². The zero-order valence-electron chi connectivity index (χ0n) is 10.0. The van der Waals surface area contributed by atoms with Crippen LogP contribution in [0.5, 0.6) is 0 Å². The summed E-state index contributed by atoms with van der Waals surface area (Å²) in [4.78, 5) is 0. The van der Waals surface area contributed by atoms with Crippen molar-refractivity contribution in [1.29, 1.82) is 5.26 Å². The summed E-state index contributed by atoms with van der Waals surface area (Å²) in [5, 5.41) is 8.63. The molecule has 0 bridgehead atoms. The lowest BCUT2D eigenvalue weighted by atomic mass is 10.1. The predicted octanol–water partition coefficient (Wildman–Crippen LogP) is 3.83. The van der Waals surface area contributed by atoms with Gasteiger partial charge < -0.3 is 4.74 Å². The molecule has 0 saturated heterocycles. The third-order valence-corrected chi connectivity index (χ3v) is 2.30. The van der Waals surface area contributed by atoms with Crippen LogP contribution in [0.15, 0.2) is 12.2 Å². The lowest BCUT2D eigenvalue weighted by Gasteiger charge is -2.04. The Labute approximate surface area is 93.9 Å². The average molecular weight is 209 g/mol. The maximum atomic E-state index is 8.63. The molecule has 0 spiro atoms. The van der Waals surface area contributed by atoms with Crippen LogP contribution >= 0.6 is 0 Å². The molecular formula is C13H23NO. The third-order valence-electron chi connectivity index (χ3n) is 2.30. The van der Waals surface area contributed by atoms with Gasteiger partial charge in [0.25, 0.3) is 0 Å². The standard InChI is InChI=1S/C13H23NO/c1-3-5-6-7-8-9-10-11-15-13(4-2)12-14/h9-10,13H,3-8,11H2,1-2H3/b10-9+. The molecule has 0 aromatic heterocycles. The molecule has 2 heteroatoms. The topological polar surface area (TPSA) is 33.0 Å². The first-order valence-corrected chi connectivity index (χ1v) is 6.01. The van der Waals surface area contributed by atoms with Crippen molar-refractivity contribution in [1.82, 2.24) is 0 Å². The maximum Gasteiger partial charge on any atom is 0.144 e. The van der Waals surface area contributed by atoms with E-state index < -0.39 is 0 Å². The molecule has 0 N–H and O–H groups in total. The molecule has 0 fully saturated rings. The smallest absolute Gasteiger partial charge is 0.144 e. The SMILES string of the molecule is CCCCCC/C=C/COC(C#N)CC. The molecule has 1 atom stereocenters. The summed E-state index contributed by atoms with van der Waals surface area (Å²) in [7, 11) is 0. The van der Waals surface area contributed by atoms with Gasteiger partial charge in [-0.25, -0.2) is 0 Å². The van der Waals surface area contributed by atoms with Crippen molar-refractivity contribution in [2.75, 3.05) is 6.61 Å². The van der Waals surface area contributed by atoms with E-state index in [-0.39, 0.29) is 6.10 Å². The summed E-state index contributed by atoms with van der Waals surface area (Å²) in [6.07, 6.45) is 11.0. The van der Waals surface area contributed by atoms with Gasteiger partial charge in [0.05, 0.1) is 12.7 Å². The van der Waals surface area contributed by atoms with Crippen molar-refractivity contribution >= 4 is 0 Å². The number of rotatable bonds is 9. The van der Waals surface area contributed by atoms with Gasteiger partial charge in [0.1, 0.15) is 6.10 Å². The van der Waals surface area contributed by atoms with Gasteiger partial charge in [-0.3, -0.25) is 0 Å². The first-order valence-electron chi connectivity index (χ1n) is 6.01. The van der Waals surface area contributed by atoms with Crippen LogP contribution in [0.25, 0.3) is 0 Å². The van der Waals surface area contributed by atoms with Gasteiger partial charge in [0, 0.05) is 0 Å². The fourth-order valence-electron chi connectivity index (χ4n) is 1.29. The van der Waals surface area contributed by atoms with E-state index in [1.54, 1.807) is 0 Å². The van der Waals surface area contributed by atoms with E-state index >= 15 is 0 Å². The highest BCUT2D eigenvalue weighted by molar-refractivity contribution is 4.86. The molecule has 0 amide bonds. The van der Waals surface area contributed by atoms with Gasteiger partial charge in [-0.2, -0.15) is 5.26 Å². The molecule has 0 saturated carbocycles. The second kappa shape index (κ2) is 11.3. The molecule has 86 valence electrons. The van der Waals surface area contributed by atoms with Gasteiger partial charge >= 0.3 is 0 Å². The molecule has 0 aliphatic carbocycles. The van der Waals surface area contributed by atoms with E-state index in [9.17, 15) is 0 Å². The average Bonchev–Trinajstić information content (AvgIpc) is 2.27. The van der Waals surface area contributed by atoms with E-state index in [1.165, 1.54) is 25.7 Å². The van der Waals surface area contributed by atoms with Gasteiger partial charge in [0.2, 0.25) is 0 Å². The second-order valence-electron chi connectivity index (χ2n) is 3.68. The Morgan fingerprint density at radius 1 is 1.20 bits per heavy atom. The summed E-state index contributed by atoms with van der Waals surface area (Å²) in [6.45, 7) is 4.75. The molecule has 0 aromatic carbocycles. The van der Waals surface area contributed by atoms with Crippen LogP contribution in [0.4, 0.5) is 0 Å². The Morgan fingerprint density at radius 2 is 2.00 bits per heavy atom. The Balaban J connectivity index is 3.28. The lowest BCUT2D eigenvalue weighted by Crippen LogP contribution is -2.08. The molecule has 0 aliphatic heterocycles. The molecular weight excluding hydrogens is 186 g/mol. The number of ether oxygens (including phenoxy) is 1. The van der Waals surface area contributed by atoms with E-state index in [1.807, 2.05) is 13.0 Å². The van der Waals surface area contributed by atoms with Crippen LogP contribution < -0.4 is 0 Å². The van der Waals surface area contributed by atoms with Crippen molar-refractivity contribution < 1.29 is 4.74 Å². The predicted molar refractivity (Wildman–Crippen MR) is 63.5 cm³/mol. The number of unbranched alkanes of at least 4 members (excludes halogenated alkanes) is 4. The Hall–Kier alpha value is -0.810. The highest BCUT2D eigenvalue weighted by Crippen LogP contribution is 2.03. The monoisotopic (exact) mass is 209 g/mol. The quantitative estimate of drug-likeness (QED) is 0.427. The van der Waals surface area contributed by atoms with Gasteiger partial charge in [-0.1, -0.05) is 45.3 Å². The molecule has 0 heterocycles. The van der Waals surface area contributed by atoms with Gasteiger partial charge in [-0.15, -0.1) is 0 Å². The number of allylic oxidation sites excluding steroid dienone is 1. The molecule has 0 rings (SSSR count). The van der Waals surface area contributed by atoms with Crippen LogP contribution in [-0.4, -0.2) is 12.7 Å². The van der Waals surface area contributed by atoms with Crippen LogP contribution in [-0.2, 0) is 4.74 Å². The highest BCUT2D eigenvalue weighted by atomic mass is 16.5. The molecule has 0 aliphatic rings. The van der Waals surface area contributed by atoms with Crippen LogP contribution in [0.1, 0.15) is 52.4 Å². The molecule has 0 radical (unpaired) electrons. The Bertz CT molecular complexity index is 193. The normalized spacial score (nSPS) is 12.9. The maximum absolute atomic E-state index is 8.63. The number of nitrogens with zero attached hydrogens (tertiary/aromatic N) is 1. The Morgan fingerprint density at radius 3 is 2.60 bits per heavy atom. The lowest BCUT2D eigenvalue weighted by molar-refractivity contribution is 0.112. The molecule has 15 heavy (non-hydrogen) atoms. The van der Waals surface area contributed by atoms with Crippen molar-refractivity contribution in [3.05, 3.63) is 12.2 Å². The van der Waals surface area contributed by atoms with E-state index in [2.05, 4.69) is 19.1 Å². The fraction of sp³-hybridized carbons (Fsp3) is 0.769. The summed E-state index contributed by atoms with van der Waals surface area (Å²) in [5.74, 6) is 0. The zero-order chi connectivity index (χ0) is 11.4. The van der Waals surface area contributed by atoms with E-state index in [0.29, 0.717) is 6.61 Å².